The van der Waals surface area contributed by atoms with Gasteiger partial charge < -0.3 is 15.4 Å². The second-order valence-corrected chi connectivity index (χ2v) is 5.35. The van der Waals surface area contributed by atoms with Crippen LogP contribution < -0.4 is 15.4 Å². The van der Waals surface area contributed by atoms with Gasteiger partial charge in [0.2, 0.25) is 0 Å². The smallest absolute Gasteiger partial charge is 0.416 e. The van der Waals surface area contributed by atoms with E-state index < -0.39 is 17.8 Å². The number of anilines is 1. The Bertz CT molecular complexity index is 754. The summed E-state index contributed by atoms with van der Waals surface area (Å²) in [5.41, 5.74) is -0.451. The van der Waals surface area contributed by atoms with Crippen molar-refractivity contribution < 1.29 is 22.7 Å². The first-order chi connectivity index (χ1) is 11.8. The quantitative estimate of drug-likeness (QED) is 0.812. The molecule has 5 nitrogen and oxygen atoms in total. The van der Waals surface area contributed by atoms with Gasteiger partial charge in [0.15, 0.2) is 0 Å². The topological polar surface area (TPSA) is 63.2 Å². The first-order valence-corrected chi connectivity index (χ1v) is 7.66. The molecule has 0 bridgehead atoms. The summed E-state index contributed by atoms with van der Waals surface area (Å²) in [7, 11) is 0. The number of amides is 2. The molecule has 0 aliphatic heterocycles. The lowest BCUT2D eigenvalue weighted by atomic mass is 10.2. The van der Waals surface area contributed by atoms with Crippen molar-refractivity contribution in [3.05, 3.63) is 52.8 Å². The Kier molecular flexibility index (Phi) is 6.08. The number of aromatic nitrogens is 1. The van der Waals surface area contributed by atoms with Gasteiger partial charge >= 0.3 is 12.2 Å². The van der Waals surface area contributed by atoms with E-state index in [-0.39, 0.29) is 24.6 Å². The van der Waals surface area contributed by atoms with E-state index in [0.29, 0.717) is 10.7 Å². The Hall–Kier alpha value is -2.48. The highest BCUT2D eigenvalue weighted by atomic mass is 35.5. The molecule has 0 saturated carbocycles. The number of halogens is 4. The van der Waals surface area contributed by atoms with Crippen LogP contribution in [0.1, 0.15) is 18.2 Å². The van der Waals surface area contributed by atoms with E-state index in [1.54, 1.807) is 19.1 Å². The van der Waals surface area contributed by atoms with Crippen LogP contribution in [0.3, 0.4) is 0 Å². The van der Waals surface area contributed by atoms with E-state index in [4.69, 9.17) is 16.3 Å². The van der Waals surface area contributed by atoms with E-state index in [1.807, 2.05) is 0 Å². The highest BCUT2D eigenvalue weighted by Gasteiger charge is 2.31. The molecular weight excluding hydrogens is 359 g/mol. The molecule has 0 saturated heterocycles. The molecule has 25 heavy (non-hydrogen) atoms. The molecule has 1 aromatic heterocycles. The fourth-order valence-corrected chi connectivity index (χ4v) is 2.15. The summed E-state index contributed by atoms with van der Waals surface area (Å²) >= 11 is 5.81. The van der Waals surface area contributed by atoms with E-state index in [2.05, 4.69) is 15.6 Å². The monoisotopic (exact) mass is 373 g/mol. The van der Waals surface area contributed by atoms with Crippen LogP contribution in [0.2, 0.25) is 5.02 Å². The third-order valence-electron chi connectivity index (χ3n) is 3.06. The minimum Gasteiger partial charge on any atom is -0.492 e. The Morgan fingerprint density at radius 1 is 1.28 bits per heavy atom. The highest BCUT2D eigenvalue weighted by molar-refractivity contribution is 6.30. The Balaban J connectivity index is 2.10. The van der Waals surface area contributed by atoms with Crippen molar-refractivity contribution in [3.63, 3.8) is 0 Å². The summed E-state index contributed by atoms with van der Waals surface area (Å²) in [6.07, 6.45) is -3.04. The minimum atomic E-state index is -4.53. The number of urea groups is 1. The number of alkyl halides is 3. The molecule has 2 amide bonds. The number of ether oxygens (including phenoxy) is 1. The predicted octanol–water partition coefficient (Wildman–Crippen LogP) is 4.47. The summed E-state index contributed by atoms with van der Waals surface area (Å²) in [5.74, 6) is 0.145. The molecule has 0 atom stereocenters. The average molecular weight is 374 g/mol. The molecule has 0 fully saturated rings. The molecular formula is C16H15ClF3N3O2. The first kappa shape index (κ1) is 18.9. The summed E-state index contributed by atoms with van der Waals surface area (Å²) in [6.45, 7) is 2.00. The summed E-state index contributed by atoms with van der Waals surface area (Å²) < 4.78 is 43.8. The Morgan fingerprint density at radius 2 is 2.04 bits per heavy atom. The van der Waals surface area contributed by atoms with Crippen molar-refractivity contribution in [3.8, 4) is 5.75 Å². The fourth-order valence-electron chi connectivity index (χ4n) is 1.97. The molecule has 2 N–H and O–H groups in total. The number of rotatable bonds is 5. The number of carbonyl (C=O) groups excluding carboxylic acids is 1. The third-order valence-corrected chi connectivity index (χ3v) is 3.30. The van der Waals surface area contributed by atoms with Crippen molar-refractivity contribution in [1.82, 2.24) is 10.3 Å². The SMILES string of the molecule is CCOc1ccc(C(F)(F)F)cc1NC(=O)NCc1cc(Cl)ccn1. The summed E-state index contributed by atoms with van der Waals surface area (Å²) in [5, 5.41) is 5.31. The van der Waals surface area contributed by atoms with Gasteiger partial charge in [-0.2, -0.15) is 13.2 Å². The van der Waals surface area contributed by atoms with Crippen molar-refractivity contribution >= 4 is 23.3 Å². The average Bonchev–Trinajstić information content (AvgIpc) is 2.54. The first-order valence-electron chi connectivity index (χ1n) is 7.29. The molecule has 0 aliphatic carbocycles. The molecule has 9 heteroatoms. The molecule has 0 unspecified atom stereocenters. The Morgan fingerprint density at radius 3 is 2.68 bits per heavy atom. The summed E-state index contributed by atoms with van der Waals surface area (Å²) in [4.78, 5) is 16.0. The van der Waals surface area contributed by atoms with Crippen LogP contribution >= 0.6 is 11.6 Å². The van der Waals surface area contributed by atoms with Crippen LogP contribution in [0.25, 0.3) is 0 Å². The van der Waals surface area contributed by atoms with Crippen LogP contribution in [-0.4, -0.2) is 17.6 Å². The summed E-state index contributed by atoms with van der Waals surface area (Å²) in [6, 6.07) is 5.34. The van der Waals surface area contributed by atoms with Gasteiger partial charge in [-0.15, -0.1) is 0 Å². The number of nitrogens with zero attached hydrogens (tertiary/aromatic N) is 1. The van der Waals surface area contributed by atoms with Gasteiger partial charge in [-0.1, -0.05) is 11.6 Å². The molecule has 2 aromatic rings. The number of hydrogen-bond donors (Lipinski definition) is 2. The molecule has 2 rings (SSSR count). The van der Waals surface area contributed by atoms with Crippen molar-refractivity contribution in [2.45, 2.75) is 19.6 Å². The molecule has 0 aliphatic rings. The lowest BCUT2D eigenvalue weighted by Crippen LogP contribution is -2.29. The van der Waals surface area contributed by atoms with Crippen molar-refractivity contribution in [2.75, 3.05) is 11.9 Å². The Labute approximate surface area is 147 Å². The van der Waals surface area contributed by atoms with Gasteiger partial charge in [0.1, 0.15) is 5.75 Å². The zero-order valence-corrected chi connectivity index (χ0v) is 13.9. The van der Waals surface area contributed by atoms with Crippen LogP contribution in [0.5, 0.6) is 5.75 Å². The second-order valence-electron chi connectivity index (χ2n) is 4.91. The van der Waals surface area contributed by atoms with E-state index in [9.17, 15) is 18.0 Å². The maximum absolute atomic E-state index is 12.8. The maximum Gasteiger partial charge on any atom is 0.416 e. The van der Waals surface area contributed by atoms with Crippen molar-refractivity contribution in [2.24, 2.45) is 0 Å². The molecule has 1 heterocycles. The van der Waals surface area contributed by atoms with E-state index in [1.165, 1.54) is 12.3 Å². The zero-order valence-electron chi connectivity index (χ0n) is 13.2. The maximum atomic E-state index is 12.8. The van der Waals surface area contributed by atoms with Gasteiger partial charge in [-0.25, -0.2) is 4.79 Å². The highest BCUT2D eigenvalue weighted by Crippen LogP contribution is 2.35. The number of carbonyl (C=O) groups is 1. The van der Waals surface area contributed by atoms with Gasteiger partial charge in [0.05, 0.1) is 30.1 Å². The van der Waals surface area contributed by atoms with E-state index in [0.717, 1.165) is 12.1 Å². The number of nitrogens with one attached hydrogen (secondary N) is 2. The third kappa shape index (κ3) is 5.53. The number of hydrogen-bond acceptors (Lipinski definition) is 3. The van der Waals surface area contributed by atoms with Gasteiger partial charge in [-0.3, -0.25) is 4.98 Å². The lowest BCUT2D eigenvalue weighted by molar-refractivity contribution is -0.137. The van der Waals surface area contributed by atoms with Crippen molar-refractivity contribution in [1.29, 1.82) is 0 Å². The fraction of sp³-hybridized carbons (Fsp3) is 0.250. The lowest BCUT2D eigenvalue weighted by Gasteiger charge is -2.15. The van der Waals surface area contributed by atoms with Crippen LogP contribution in [0.15, 0.2) is 36.5 Å². The molecule has 0 radical (unpaired) electrons. The van der Waals surface area contributed by atoms with E-state index >= 15 is 0 Å². The molecule has 1 aromatic carbocycles. The minimum absolute atomic E-state index is 0.0648. The van der Waals surface area contributed by atoms with Crippen LogP contribution in [-0.2, 0) is 12.7 Å². The van der Waals surface area contributed by atoms with Gasteiger partial charge in [0.25, 0.3) is 0 Å². The number of pyridine rings is 1. The molecule has 0 spiro atoms. The van der Waals surface area contributed by atoms with Gasteiger partial charge in [-0.05, 0) is 37.3 Å². The zero-order chi connectivity index (χ0) is 18.4. The number of benzene rings is 1. The molecule has 134 valence electrons. The van der Waals surface area contributed by atoms with Crippen LogP contribution in [0, 0.1) is 0 Å². The predicted molar refractivity (Wildman–Crippen MR) is 87.7 cm³/mol. The normalized spacial score (nSPS) is 11.1. The standard InChI is InChI=1S/C16H15ClF3N3O2/c1-2-25-14-4-3-10(16(18,19)20)7-13(14)23-15(24)22-9-12-8-11(17)5-6-21-12/h3-8H,2,9H2,1H3,(H2,22,23,24). The van der Waals surface area contributed by atoms with Crippen LogP contribution in [0.4, 0.5) is 23.7 Å². The van der Waals surface area contributed by atoms with Gasteiger partial charge in [0, 0.05) is 11.2 Å². The largest absolute Gasteiger partial charge is 0.492 e. The second kappa shape index (κ2) is 8.06.